The molecule has 2 atom stereocenters. The van der Waals surface area contributed by atoms with Gasteiger partial charge in [-0.25, -0.2) is 0 Å². The van der Waals surface area contributed by atoms with Gasteiger partial charge in [-0.2, -0.15) is 0 Å². The molecular weight excluding hydrogens is 252 g/mol. The monoisotopic (exact) mass is 280 g/mol. The topological polar surface area (TPSA) is 41.6 Å². The molecule has 4 heteroatoms. The van der Waals surface area contributed by atoms with Crippen LogP contribution in [0.15, 0.2) is 0 Å². The van der Waals surface area contributed by atoms with Gasteiger partial charge in [-0.15, -0.1) is 0 Å². The lowest BCUT2D eigenvalue weighted by Crippen LogP contribution is -2.48. The highest BCUT2D eigenvalue weighted by molar-refractivity contribution is 5.89. The third-order valence-electron chi connectivity index (χ3n) is 5.65. The van der Waals surface area contributed by atoms with Gasteiger partial charge in [0.2, 0.25) is 5.91 Å². The molecule has 2 heterocycles. The smallest absolute Gasteiger partial charge is 0.244 e. The number of ether oxygens (including phenoxy) is 1. The SMILES string of the molecule is CCC1NC2(CCCC2)C(=O)N1C(C)C1CCOCC1. The summed E-state index contributed by atoms with van der Waals surface area (Å²) in [5.41, 5.74) is -0.222. The van der Waals surface area contributed by atoms with Gasteiger partial charge in [-0.3, -0.25) is 10.1 Å². The molecule has 0 aromatic carbocycles. The maximum atomic E-state index is 13.0. The summed E-state index contributed by atoms with van der Waals surface area (Å²) in [6.07, 6.45) is 7.85. The first kappa shape index (κ1) is 14.3. The van der Waals surface area contributed by atoms with E-state index < -0.39 is 0 Å². The van der Waals surface area contributed by atoms with E-state index in [4.69, 9.17) is 4.74 Å². The van der Waals surface area contributed by atoms with E-state index >= 15 is 0 Å². The van der Waals surface area contributed by atoms with Crippen LogP contribution in [0.25, 0.3) is 0 Å². The summed E-state index contributed by atoms with van der Waals surface area (Å²) in [7, 11) is 0. The fraction of sp³-hybridized carbons (Fsp3) is 0.938. The maximum absolute atomic E-state index is 13.0. The van der Waals surface area contributed by atoms with Gasteiger partial charge in [0.1, 0.15) is 0 Å². The van der Waals surface area contributed by atoms with Crippen molar-refractivity contribution < 1.29 is 9.53 Å². The van der Waals surface area contributed by atoms with Crippen molar-refractivity contribution in [2.45, 2.75) is 76.5 Å². The summed E-state index contributed by atoms with van der Waals surface area (Å²) < 4.78 is 5.47. The number of carbonyl (C=O) groups excluding carboxylic acids is 1. The van der Waals surface area contributed by atoms with E-state index in [9.17, 15) is 4.79 Å². The van der Waals surface area contributed by atoms with Gasteiger partial charge in [0, 0.05) is 19.3 Å². The highest BCUT2D eigenvalue weighted by Gasteiger charge is 2.53. The number of carbonyl (C=O) groups is 1. The molecule has 0 radical (unpaired) electrons. The highest BCUT2D eigenvalue weighted by Crippen LogP contribution is 2.39. The third-order valence-corrected chi connectivity index (χ3v) is 5.65. The van der Waals surface area contributed by atoms with Crippen LogP contribution < -0.4 is 5.32 Å². The van der Waals surface area contributed by atoms with Gasteiger partial charge in [0.15, 0.2) is 0 Å². The molecule has 1 N–H and O–H groups in total. The van der Waals surface area contributed by atoms with Crippen LogP contribution in [0.5, 0.6) is 0 Å². The van der Waals surface area contributed by atoms with Crippen molar-refractivity contribution >= 4 is 5.91 Å². The maximum Gasteiger partial charge on any atom is 0.244 e. The number of rotatable bonds is 3. The van der Waals surface area contributed by atoms with Crippen LogP contribution in [0.2, 0.25) is 0 Å². The van der Waals surface area contributed by atoms with Crippen molar-refractivity contribution in [3.63, 3.8) is 0 Å². The minimum absolute atomic E-state index is 0.222. The minimum atomic E-state index is -0.222. The van der Waals surface area contributed by atoms with E-state index in [1.807, 2.05) is 0 Å². The lowest BCUT2D eigenvalue weighted by atomic mass is 9.90. The third kappa shape index (κ3) is 2.27. The Morgan fingerprint density at radius 2 is 2.00 bits per heavy atom. The molecule has 3 aliphatic rings. The van der Waals surface area contributed by atoms with Crippen molar-refractivity contribution in [3.05, 3.63) is 0 Å². The Labute approximate surface area is 122 Å². The van der Waals surface area contributed by atoms with E-state index in [-0.39, 0.29) is 11.7 Å². The lowest BCUT2D eigenvalue weighted by molar-refractivity contribution is -0.136. The Kier molecular flexibility index (Phi) is 4.04. The molecule has 1 aliphatic carbocycles. The molecule has 2 aliphatic heterocycles. The average molecular weight is 280 g/mol. The van der Waals surface area contributed by atoms with Crippen molar-refractivity contribution in [1.29, 1.82) is 0 Å². The number of hydrogen-bond acceptors (Lipinski definition) is 3. The predicted octanol–water partition coefficient (Wildman–Crippen LogP) is 2.28. The first-order chi connectivity index (χ1) is 9.68. The second-order valence-electron chi connectivity index (χ2n) is 6.76. The van der Waals surface area contributed by atoms with E-state index in [2.05, 4.69) is 24.1 Å². The molecule has 0 aromatic heterocycles. The van der Waals surface area contributed by atoms with E-state index in [0.717, 1.165) is 45.3 Å². The van der Waals surface area contributed by atoms with Crippen LogP contribution in [0.4, 0.5) is 0 Å². The lowest BCUT2D eigenvalue weighted by Gasteiger charge is -2.37. The molecule has 4 nitrogen and oxygen atoms in total. The van der Waals surface area contributed by atoms with Crippen LogP contribution in [0.1, 0.15) is 58.8 Å². The number of hydrogen-bond donors (Lipinski definition) is 1. The zero-order chi connectivity index (χ0) is 14.2. The quantitative estimate of drug-likeness (QED) is 0.862. The molecule has 1 amide bonds. The van der Waals surface area contributed by atoms with Crippen molar-refractivity contribution in [2.75, 3.05) is 13.2 Å². The second kappa shape index (κ2) is 5.64. The summed E-state index contributed by atoms with van der Waals surface area (Å²) in [5, 5.41) is 3.68. The van der Waals surface area contributed by atoms with Gasteiger partial charge in [-0.05, 0) is 44.9 Å². The van der Waals surface area contributed by atoms with Crippen LogP contribution in [-0.4, -0.2) is 41.8 Å². The Balaban J connectivity index is 1.77. The molecule has 0 aromatic rings. The molecule has 3 rings (SSSR count). The zero-order valence-electron chi connectivity index (χ0n) is 12.9. The number of amides is 1. The first-order valence-electron chi connectivity index (χ1n) is 8.36. The van der Waals surface area contributed by atoms with Crippen LogP contribution >= 0.6 is 0 Å². The van der Waals surface area contributed by atoms with Crippen LogP contribution in [0, 0.1) is 5.92 Å². The molecule has 1 saturated carbocycles. The van der Waals surface area contributed by atoms with Crippen LogP contribution in [-0.2, 0) is 9.53 Å². The Bertz CT molecular complexity index is 359. The fourth-order valence-electron chi connectivity index (χ4n) is 4.37. The fourth-order valence-corrected chi connectivity index (χ4v) is 4.37. The first-order valence-corrected chi connectivity index (χ1v) is 8.36. The van der Waals surface area contributed by atoms with Gasteiger partial charge in [0.25, 0.3) is 0 Å². The Morgan fingerprint density at radius 3 is 2.60 bits per heavy atom. The molecule has 114 valence electrons. The second-order valence-corrected chi connectivity index (χ2v) is 6.76. The van der Waals surface area contributed by atoms with Crippen molar-refractivity contribution in [2.24, 2.45) is 5.92 Å². The molecule has 0 bridgehead atoms. The van der Waals surface area contributed by atoms with E-state index in [1.165, 1.54) is 12.8 Å². The molecule has 1 spiro atoms. The molecule has 3 fully saturated rings. The van der Waals surface area contributed by atoms with Gasteiger partial charge in [0.05, 0.1) is 11.7 Å². The summed E-state index contributed by atoms with van der Waals surface area (Å²) >= 11 is 0. The Hall–Kier alpha value is -0.610. The molecule has 2 saturated heterocycles. The molecular formula is C16H28N2O2. The number of nitrogens with one attached hydrogen (secondary N) is 1. The van der Waals surface area contributed by atoms with Crippen molar-refractivity contribution in [1.82, 2.24) is 10.2 Å². The van der Waals surface area contributed by atoms with Crippen molar-refractivity contribution in [3.8, 4) is 0 Å². The average Bonchev–Trinajstić information content (AvgIpc) is 3.06. The Morgan fingerprint density at radius 1 is 1.35 bits per heavy atom. The summed E-state index contributed by atoms with van der Waals surface area (Å²) in [6.45, 7) is 6.13. The molecule has 20 heavy (non-hydrogen) atoms. The van der Waals surface area contributed by atoms with Gasteiger partial charge < -0.3 is 9.64 Å². The minimum Gasteiger partial charge on any atom is -0.381 e. The molecule has 2 unspecified atom stereocenters. The highest BCUT2D eigenvalue weighted by atomic mass is 16.5. The van der Waals surface area contributed by atoms with Crippen LogP contribution in [0.3, 0.4) is 0 Å². The summed E-state index contributed by atoms with van der Waals surface area (Å²) in [5.74, 6) is 0.973. The largest absolute Gasteiger partial charge is 0.381 e. The zero-order valence-corrected chi connectivity index (χ0v) is 12.9. The van der Waals surface area contributed by atoms with Gasteiger partial charge in [-0.1, -0.05) is 19.8 Å². The summed E-state index contributed by atoms with van der Waals surface area (Å²) in [4.78, 5) is 15.2. The van der Waals surface area contributed by atoms with Gasteiger partial charge >= 0.3 is 0 Å². The summed E-state index contributed by atoms with van der Waals surface area (Å²) in [6, 6.07) is 0.337. The van der Waals surface area contributed by atoms with E-state index in [0.29, 0.717) is 17.9 Å². The predicted molar refractivity (Wildman–Crippen MR) is 78.3 cm³/mol. The standard InChI is InChI=1S/C16H28N2O2/c1-3-14-17-16(8-4-5-9-16)15(19)18(14)12(2)13-6-10-20-11-7-13/h12-14,17H,3-11H2,1-2H3. The number of nitrogens with zero attached hydrogens (tertiary/aromatic N) is 1. The normalized spacial score (nSPS) is 32.2. The van der Waals surface area contributed by atoms with E-state index in [1.54, 1.807) is 0 Å².